The van der Waals surface area contributed by atoms with E-state index >= 15 is 0 Å². The number of carboxylic acids is 1. The van der Waals surface area contributed by atoms with E-state index in [0.717, 1.165) is 16.3 Å². The van der Waals surface area contributed by atoms with E-state index < -0.39 is 5.97 Å². The van der Waals surface area contributed by atoms with Crippen molar-refractivity contribution in [3.05, 3.63) is 96.6 Å². The molecule has 0 bridgehead atoms. The summed E-state index contributed by atoms with van der Waals surface area (Å²) in [5.41, 5.74) is 0.871. The molecule has 4 aromatic rings. The van der Waals surface area contributed by atoms with Crippen LogP contribution in [-0.4, -0.2) is 11.1 Å². The van der Waals surface area contributed by atoms with Crippen molar-refractivity contribution >= 4 is 27.5 Å². The van der Waals surface area contributed by atoms with E-state index in [-0.39, 0.29) is 6.42 Å². The van der Waals surface area contributed by atoms with Gasteiger partial charge in [0.1, 0.15) is 0 Å². The predicted octanol–water partition coefficient (Wildman–Crippen LogP) is 5.31. The van der Waals surface area contributed by atoms with Gasteiger partial charge < -0.3 is 5.11 Å². The van der Waals surface area contributed by atoms with Gasteiger partial charge in [0.05, 0.1) is 6.42 Å². The van der Waals surface area contributed by atoms with Crippen molar-refractivity contribution in [3.63, 3.8) is 0 Å². The molecule has 118 valence electrons. The molecule has 0 aliphatic rings. The standard InChI is InChI=1S/C12H10O2.C10H8/c13-12(14)8-10-6-3-5-9-4-1-2-7-11(9)10;1-2-6-10-8-4-3-7-9(10)5-1/h1-7H,8H2,(H,13,14);1-8H. The van der Waals surface area contributed by atoms with E-state index in [2.05, 4.69) is 48.5 Å². The SMILES string of the molecule is O=C(O)Cc1cccc2ccccc12.c1ccc2ccccc2c1. The minimum atomic E-state index is -0.790. The van der Waals surface area contributed by atoms with Crippen molar-refractivity contribution < 1.29 is 9.90 Å². The van der Waals surface area contributed by atoms with Crippen LogP contribution in [0.4, 0.5) is 0 Å². The molecule has 0 spiro atoms. The van der Waals surface area contributed by atoms with Gasteiger partial charge in [0.15, 0.2) is 0 Å². The third-order valence-electron chi connectivity index (χ3n) is 3.88. The van der Waals surface area contributed by atoms with E-state index in [0.29, 0.717) is 0 Å². The molecule has 0 radical (unpaired) electrons. The van der Waals surface area contributed by atoms with Crippen LogP contribution in [0.1, 0.15) is 5.56 Å². The number of aliphatic carboxylic acids is 1. The zero-order valence-corrected chi connectivity index (χ0v) is 13.2. The third-order valence-corrected chi connectivity index (χ3v) is 3.88. The predicted molar refractivity (Wildman–Crippen MR) is 99.2 cm³/mol. The molecule has 0 fully saturated rings. The molecule has 0 unspecified atom stereocenters. The molecule has 1 N–H and O–H groups in total. The van der Waals surface area contributed by atoms with E-state index in [9.17, 15) is 4.79 Å². The molecular formula is C22H18O2. The van der Waals surface area contributed by atoms with Crippen LogP contribution in [0.3, 0.4) is 0 Å². The van der Waals surface area contributed by atoms with Crippen LogP contribution in [0.25, 0.3) is 21.5 Å². The van der Waals surface area contributed by atoms with Crippen LogP contribution in [-0.2, 0) is 11.2 Å². The summed E-state index contributed by atoms with van der Waals surface area (Å²) in [7, 11) is 0. The fourth-order valence-corrected chi connectivity index (χ4v) is 2.74. The summed E-state index contributed by atoms with van der Waals surface area (Å²) in [6, 6.07) is 30.3. The lowest BCUT2D eigenvalue weighted by Gasteiger charge is -2.02. The Balaban J connectivity index is 0.000000149. The highest BCUT2D eigenvalue weighted by atomic mass is 16.4. The molecule has 2 heteroatoms. The lowest BCUT2D eigenvalue weighted by Crippen LogP contribution is -2.00. The average Bonchev–Trinajstić information content (AvgIpc) is 2.62. The molecule has 4 rings (SSSR count). The highest BCUT2D eigenvalue weighted by molar-refractivity contribution is 5.88. The van der Waals surface area contributed by atoms with Gasteiger partial charge in [0.25, 0.3) is 0 Å². The van der Waals surface area contributed by atoms with Gasteiger partial charge in [-0.15, -0.1) is 0 Å². The molecule has 0 aliphatic carbocycles. The minimum Gasteiger partial charge on any atom is -0.481 e. The second-order valence-corrected chi connectivity index (χ2v) is 5.56. The number of benzene rings is 4. The van der Waals surface area contributed by atoms with E-state index in [4.69, 9.17) is 5.11 Å². The largest absolute Gasteiger partial charge is 0.481 e. The van der Waals surface area contributed by atoms with Gasteiger partial charge in [-0.1, -0.05) is 91.0 Å². The summed E-state index contributed by atoms with van der Waals surface area (Å²) in [6.45, 7) is 0. The number of carbonyl (C=O) groups is 1. The Bertz CT molecular complexity index is 903. The summed E-state index contributed by atoms with van der Waals surface area (Å²) in [4.78, 5) is 10.6. The van der Waals surface area contributed by atoms with Gasteiger partial charge in [0.2, 0.25) is 0 Å². The van der Waals surface area contributed by atoms with Crippen molar-refractivity contribution in [2.45, 2.75) is 6.42 Å². The molecule has 0 saturated heterocycles. The summed E-state index contributed by atoms with van der Waals surface area (Å²) in [6.07, 6.45) is 0.0847. The zero-order chi connectivity index (χ0) is 16.8. The summed E-state index contributed by atoms with van der Waals surface area (Å²) >= 11 is 0. The number of hydrogen-bond donors (Lipinski definition) is 1. The minimum absolute atomic E-state index is 0.0847. The Kier molecular flexibility index (Phi) is 4.87. The van der Waals surface area contributed by atoms with E-state index in [1.807, 2.05) is 42.5 Å². The van der Waals surface area contributed by atoms with Crippen LogP contribution in [0, 0.1) is 0 Å². The Hall–Kier alpha value is -3.13. The molecule has 0 heterocycles. The molecule has 2 nitrogen and oxygen atoms in total. The van der Waals surface area contributed by atoms with Crippen LogP contribution < -0.4 is 0 Å². The van der Waals surface area contributed by atoms with Gasteiger partial charge in [-0.3, -0.25) is 4.79 Å². The Morgan fingerprint density at radius 1 is 0.625 bits per heavy atom. The van der Waals surface area contributed by atoms with Crippen LogP contribution in [0.5, 0.6) is 0 Å². The van der Waals surface area contributed by atoms with Gasteiger partial charge in [0, 0.05) is 0 Å². The normalized spacial score (nSPS) is 10.2. The molecule has 24 heavy (non-hydrogen) atoms. The summed E-state index contributed by atoms with van der Waals surface area (Å²) in [5, 5.41) is 13.5. The highest BCUT2D eigenvalue weighted by Gasteiger charge is 2.03. The van der Waals surface area contributed by atoms with Crippen LogP contribution in [0.15, 0.2) is 91.0 Å². The van der Waals surface area contributed by atoms with Crippen LogP contribution >= 0.6 is 0 Å². The Morgan fingerprint density at radius 3 is 1.62 bits per heavy atom. The Morgan fingerprint density at radius 2 is 1.08 bits per heavy atom. The fourth-order valence-electron chi connectivity index (χ4n) is 2.74. The molecule has 0 aliphatic heterocycles. The third kappa shape index (κ3) is 3.79. The Labute approximate surface area is 141 Å². The van der Waals surface area contributed by atoms with Gasteiger partial charge in [-0.2, -0.15) is 0 Å². The first-order valence-corrected chi connectivity index (χ1v) is 7.86. The van der Waals surface area contributed by atoms with Gasteiger partial charge >= 0.3 is 5.97 Å². The molecule has 0 saturated carbocycles. The lowest BCUT2D eigenvalue weighted by molar-refractivity contribution is -0.136. The van der Waals surface area contributed by atoms with Gasteiger partial charge in [-0.05, 0) is 27.1 Å². The fraction of sp³-hybridized carbons (Fsp3) is 0.0455. The second-order valence-electron chi connectivity index (χ2n) is 5.56. The molecule has 4 aromatic carbocycles. The van der Waals surface area contributed by atoms with Crippen molar-refractivity contribution in [1.82, 2.24) is 0 Å². The number of rotatable bonds is 2. The number of carboxylic acid groups (broad SMARTS) is 1. The topological polar surface area (TPSA) is 37.3 Å². The smallest absolute Gasteiger partial charge is 0.307 e. The number of hydrogen-bond acceptors (Lipinski definition) is 1. The highest BCUT2D eigenvalue weighted by Crippen LogP contribution is 2.18. The van der Waals surface area contributed by atoms with Crippen LogP contribution in [0.2, 0.25) is 0 Å². The van der Waals surface area contributed by atoms with Crippen molar-refractivity contribution in [2.75, 3.05) is 0 Å². The summed E-state index contributed by atoms with van der Waals surface area (Å²) in [5.74, 6) is -0.790. The first kappa shape index (κ1) is 15.8. The molecule has 0 aromatic heterocycles. The second kappa shape index (κ2) is 7.42. The number of fused-ring (bicyclic) bond motifs is 2. The molecule has 0 amide bonds. The average molecular weight is 314 g/mol. The molecule has 0 atom stereocenters. The maximum atomic E-state index is 10.6. The van der Waals surface area contributed by atoms with Crippen molar-refractivity contribution in [1.29, 1.82) is 0 Å². The lowest BCUT2D eigenvalue weighted by atomic mass is 10.0. The van der Waals surface area contributed by atoms with E-state index in [1.165, 1.54) is 10.8 Å². The summed E-state index contributed by atoms with van der Waals surface area (Å²) < 4.78 is 0. The monoisotopic (exact) mass is 314 g/mol. The van der Waals surface area contributed by atoms with Gasteiger partial charge in [-0.25, -0.2) is 0 Å². The maximum absolute atomic E-state index is 10.6. The molecular weight excluding hydrogens is 296 g/mol. The quantitative estimate of drug-likeness (QED) is 0.544. The van der Waals surface area contributed by atoms with Crippen molar-refractivity contribution in [2.24, 2.45) is 0 Å². The first-order valence-electron chi connectivity index (χ1n) is 7.86. The van der Waals surface area contributed by atoms with Crippen molar-refractivity contribution in [3.8, 4) is 0 Å². The zero-order valence-electron chi connectivity index (χ0n) is 13.2. The maximum Gasteiger partial charge on any atom is 0.307 e. The van der Waals surface area contributed by atoms with E-state index in [1.54, 1.807) is 0 Å². The first-order chi connectivity index (χ1) is 11.7.